The van der Waals surface area contributed by atoms with Crippen molar-refractivity contribution in [3.8, 4) is 28.3 Å². The van der Waals surface area contributed by atoms with Crippen LogP contribution in [0.2, 0.25) is 0 Å². The van der Waals surface area contributed by atoms with Crippen LogP contribution < -0.4 is 0 Å². The number of imidazole rings is 1. The number of nitrogens with zero attached hydrogens (tertiary/aromatic N) is 3. The summed E-state index contributed by atoms with van der Waals surface area (Å²) in [4.78, 5) is 9.28. The summed E-state index contributed by atoms with van der Waals surface area (Å²) in [5, 5.41) is 1.07. The molecule has 0 aliphatic carbocycles. The number of hydrogen-bond acceptors (Lipinski definition) is 3. The molecule has 7 aromatic rings. The zero-order valence-electron chi connectivity index (χ0n) is 32.3. The normalized spacial score (nSPS) is 12.7. The molecule has 5 heteroatoms. The van der Waals surface area contributed by atoms with Gasteiger partial charge in [-0.3, -0.25) is 4.98 Å². The second-order valence-corrected chi connectivity index (χ2v) is 14.2. The van der Waals surface area contributed by atoms with Crippen molar-refractivity contribution in [1.82, 2.24) is 14.5 Å². The summed E-state index contributed by atoms with van der Waals surface area (Å²) in [5.41, 5.74) is 11.1. The van der Waals surface area contributed by atoms with E-state index in [1.807, 2.05) is 18.2 Å². The Kier molecular flexibility index (Phi) is 9.82. The third-order valence-corrected chi connectivity index (χ3v) is 8.41. The van der Waals surface area contributed by atoms with Crippen LogP contribution in [-0.2, 0) is 26.5 Å². The van der Waals surface area contributed by atoms with Crippen LogP contribution in [0.15, 0.2) is 108 Å². The van der Waals surface area contributed by atoms with Gasteiger partial charge in [0.05, 0.1) is 16.9 Å². The Morgan fingerprint density at radius 1 is 0.857 bits per heavy atom. The van der Waals surface area contributed by atoms with Crippen molar-refractivity contribution in [2.45, 2.75) is 73.6 Å². The van der Waals surface area contributed by atoms with Crippen molar-refractivity contribution < 1.29 is 28.6 Å². The zero-order valence-corrected chi connectivity index (χ0v) is 31.7. The monoisotopic (exact) mass is 827 g/mol. The summed E-state index contributed by atoms with van der Waals surface area (Å²) >= 11 is 0. The molecule has 49 heavy (non-hydrogen) atoms. The van der Waals surface area contributed by atoms with Crippen LogP contribution in [0.4, 0.5) is 0 Å². The van der Waals surface area contributed by atoms with Crippen molar-refractivity contribution in [1.29, 1.82) is 0 Å². The minimum absolute atomic E-state index is 0. The molecule has 3 heterocycles. The average molecular weight is 827 g/mol. The number of aromatic nitrogens is 3. The van der Waals surface area contributed by atoms with Crippen molar-refractivity contribution in [2.75, 3.05) is 0 Å². The van der Waals surface area contributed by atoms with Gasteiger partial charge in [0.1, 0.15) is 0 Å². The van der Waals surface area contributed by atoms with E-state index in [0.717, 1.165) is 51.1 Å². The first-order chi connectivity index (χ1) is 24.2. The van der Waals surface area contributed by atoms with Gasteiger partial charge < -0.3 is 14.0 Å². The van der Waals surface area contributed by atoms with Crippen molar-refractivity contribution >= 4 is 22.0 Å². The Labute approximate surface area is 309 Å². The van der Waals surface area contributed by atoms with Gasteiger partial charge in [-0.15, -0.1) is 35.9 Å². The van der Waals surface area contributed by atoms with E-state index in [1.54, 1.807) is 18.2 Å². The van der Waals surface area contributed by atoms with Crippen molar-refractivity contribution in [2.24, 2.45) is 5.41 Å². The van der Waals surface area contributed by atoms with E-state index in [4.69, 9.17) is 13.5 Å². The van der Waals surface area contributed by atoms with Gasteiger partial charge in [-0.1, -0.05) is 126 Å². The Balaban J connectivity index is 0.000000258. The van der Waals surface area contributed by atoms with Gasteiger partial charge in [-0.2, -0.15) is 0 Å². The minimum Gasteiger partial charge on any atom is -0.557 e. The predicted molar refractivity (Wildman–Crippen MR) is 200 cm³/mol. The third kappa shape index (κ3) is 7.96. The first-order valence-corrected chi connectivity index (χ1v) is 16.7. The summed E-state index contributed by atoms with van der Waals surface area (Å²) in [5.74, 6) is 1.63. The Bertz CT molecular complexity index is 2240. The van der Waals surface area contributed by atoms with Crippen LogP contribution in [0.5, 0.6) is 0 Å². The summed E-state index contributed by atoms with van der Waals surface area (Å²) in [6, 6.07) is 35.4. The molecule has 0 aliphatic rings. The van der Waals surface area contributed by atoms with Gasteiger partial charge in [0.2, 0.25) is 0 Å². The Hall–Kier alpha value is -4.31. The van der Waals surface area contributed by atoms with Crippen LogP contribution in [0, 0.1) is 24.6 Å². The largest absolute Gasteiger partial charge is 0.557 e. The number of aryl methyl sites for hydroxylation is 1. The van der Waals surface area contributed by atoms with Crippen molar-refractivity contribution in [3.05, 3.63) is 138 Å². The molecule has 253 valence electrons. The van der Waals surface area contributed by atoms with Gasteiger partial charge in [0, 0.05) is 47.9 Å². The van der Waals surface area contributed by atoms with Gasteiger partial charge in [-0.05, 0) is 65.0 Å². The quantitative estimate of drug-likeness (QED) is 0.157. The topological polar surface area (TPSA) is 43.9 Å². The molecule has 7 rings (SSSR count). The summed E-state index contributed by atoms with van der Waals surface area (Å²) in [7, 11) is 0. The third-order valence-electron chi connectivity index (χ3n) is 8.41. The van der Waals surface area contributed by atoms with Gasteiger partial charge in [0.15, 0.2) is 0 Å². The number of pyridine rings is 1. The molecule has 3 aromatic heterocycles. The maximum atomic E-state index is 7.23. The van der Waals surface area contributed by atoms with E-state index < -0.39 is 6.85 Å². The van der Waals surface area contributed by atoms with Crippen LogP contribution in [0.25, 0.3) is 50.3 Å². The maximum Gasteiger partial charge on any atom is 0.0774 e. The maximum absolute atomic E-state index is 7.23. The molecule has 0 saturated carbocycles. The summed E-state index contributed by atoms with van der Waals surface area (Å²) in [6.07, 6.45) is 5.62. The second kappa shape index (κ2) is 15.1. The first kappa shape index (κ1) is 31.9. The molecule has 0 unspecified atom stereocenters. The van der Waals surface area contributed by atoms with E-state index in [1.165, 1.54) is 28.6 Å². The Morgan fingerprint density at radius 3 is 2.22 bits per heavy atom. The molecule has 0 fully saturated rings. The number of furan rings is 1. The average Bonchev–Trinajstić information content (AvgIpc) is 3.68. The molecule has 0 amide bonds. The fourth-order valence-electron chi connectivity index (χ4n) is 6.21. The molecule has 1 radical (unpaired) electrons. The number of hydrogen-bond donors (Lipinski definition) is 0. The van der Waals surface area contributed by atoms with E-state index in [9.17, 15) is 0 Å². The van der Waals surface area contributed by atoms with Gasteiger partial charge in [-0.25, -0.2) is 0 Å². The van der Waals surface area contributed by atoms with E-state index in [0.29, 0.717) is 11.8 Å². The van der Waals surface area contributed by atoms with Crippen LogP contribution in [0.1, 0.15) is 86.7 Å². The molecule has 4 nitrogen and oxygen atoms in total. The standard InChI is InChI=1S/C32H35N2O.C12H10N.Ir/c1-20(2)23-11-10-12-24(21(3)4)30(23)34-28-14-9-8-13-27(28)33-31(34)26-19-35-29-16-15-22(17-25(26)29)18-32(5,6)7;1-10-7-8-12(13-9-10)11-5-3-2-4-6-11;/h8-17,20-21H,18H2,1-7H3;2-5,7-9H,1H3;/q2*-1;/i;1D3;. The molecule has 0 spiro atoms. The first-order valence-electron chi connectivity index (χ1n) is 18.2. The SMILES string of the molecule is CC(C)c1cccc(C(C)C)c1-n1c(-c2[c-]oc3ccc(CC(C)(C)C)cc23)nc2ccccc21.[2H]C([2H])([2H])c1ccc(-c2[c-]cccc2)nc1.[Ir]. The summed E-state index contributed by atoms with van der Waals surface area (Å²) in [6.45, 7) is 13.8. The molecular formula is C44H45IrN3O-2. The zero-order chi connectivity index (χ0) is 36.5. The van der Waals surface area contributed by atoms with Gasteiger partial charge in [0.25, 0.3) is 0 Å². The van der Waals surface area contributed by atoms with Crippen molar-refractivity contribution in [3.63, 3.8) is 0 Å². The van der Waals surface area contributed by atoms with Crippen LogP contribution in [0.3, 0.4) is 0 Å². The predicted octanol–water partition coefficient (Wildman–Crippen LogP) is 11.9. The second-order valence-electron chi connectivity index (χ2n) is 14.2. The van der Waals surface area contributed by atoms with Crippen LogP contribution >= 0.6 is 0 Å². The number of para-hydroxylation sites is 3. The van der Waals surface area contributed by atoms with E-state index in [-0.39, 0.29) is 31.1 Å². The molecule has 0 bridgehead atoms. The minimum atomic E-state index is -2.09. The van der Waals surface area contributed by atoms with E-state index in [2.05, 4.69) is 131 Å². The molecule has 0 N–H and O–H groups in total. The molecule has 0 saturated heterocycles. The number of benzene rings is 4. The molecule has 0 aliphatic heterocycles. The van der Waals surface area contributed by atoms with Crippen LogP contribution in [-0.4, -0.2) is 14.5 Å². The molecular weight excluding hydrogens is 779 g/mol. The molecule has 4 aromatic carbocycles. The Morgan fingerprint density at radius 2 is 1.59 bits per heavy atom. The summed E-state index contributed by atoms with van der Waals surface area (Å²) < 4.78 is 30.0. The fraction of sp³-hybridized carbons (Fsp3) is 0.273. The smallest absolute Gasteiger partial charge is 0.0774 e. The van der Waals surface area contributed by atoms with E-state index >= 15 is 0 Å². The number of fused-ring (bicyclic) bond motifs is 2. The number of rotatable bonds is 6. The fourth-order valence-corrected chi connectivity index (χ4v) is 6.21. The molecule has 0 atom stereocenters. The van der Waals surface area contributed by atoms with Gasteiger partial charge >= 0.3 is 0 Å².